The lowest BCUT2D eigenvalue weighted by Crippen LogP contribution is -2.40. The second-order valence-electron chi connectivity index (χ2n) is 8.18. The van der Waals surface area contributed by atoms with Crippen LogP contribution in [0.4, 0.5) is 11.5 Å². The van der Waals surface area contributed by atoms with Crippen LogP contribution < -0.4 is 10.3 Å². The van der Waals surface area contributed by atoms with Gasteiger partial charge in [-0.2, -0.15) is 10.4 Å². The number of aryl methyl sites for hydroxylation is 1. The molecule has 170 valence electrons. The molecule has 2 aromatic heterocycles. The fraction of sp³-hybridized carbons (Fsp3) is 0.333. The zero-order valence-corrected chi connectivity index (χ0v) is 20.9. The monoisotopic (exact) mass is 555 g/mol. The summed E-state index contributed by atoms with van der Waals surface area (Å²) in [7, 11) is 1.91. The van der Waals surface area contributed by atoms with E-state index < -0.39 is 0 Å². The first-order valence-electron chi connectivity index (χ1n) is 10.9. The molecule has 1 N–H and O–H groups in total. The van der Waals surface area contributed by atoms with Crippen LogP contribution in [0.25, 0.3) is 11.1 Å². The second kappa shape index (κ2) is 10.3. The van der Waals surface area contributed by atoms with Gasteiger partial charge in [0, 0.05) is 60.3 Å². The van der Waals surface area contributed by atoms with Crippen LogP contribution in [0, 0.1) is 14.9 Å². The average molecular weight is 555 g/mol. The number of rotatable bonds is 5. The number of hydrogen-bond donors (Lipinski definition) is 1. The lowest BCUT2D eigenvalue weighted by Gasteiger charge is -2.31. The largest absolute Gasteiger partial charge is 0.310 e. The number of anilines is 2. The quantitative estimate of drug-likeness (QED) is 0.475. The number of aromatic nitrogens is 3. The minimum absolute atomic E-state index is 0.0556. The lowest BCUT2D eigenvalue weighted by atomic mass is 10.0. The highest BCUT2D eigenvalue weighted by Gasteiger charge is 2.26. The van der Waals surface area contributed by atoms with Crippen molar-refractivity contribution in [2.45, 2.75) is 32.2 Å². The predicted molar refractivity (Wildman–Crippen MR) is 136 cm³/mol. The van der Waals surface area contributed by atoms with E-state index in [-0.39, 0.29) is 11.9 Å². The standard InChI is InChI=1S/C24H26IN7O/c1-17(33)32(21-6-7-22(23(25)12-21)19-15-28-30(2)16-19)20-4-3-10-31(11-9-20)29-24-8-5-18(13-26)14-27-24/h5-8,12,14-16,20H,3-4,9-11H2,1-2H3,(H,27,29)/t20-/m0/s1. The maximum absolute atomic E-state index is 12.7. The predicted octanol–water partition coefficient (Wildman–Crippen LogP) is 4.19. The molecule has 0 aliphatic carbocycles. The van der Waals surface area contributed by atoms with Crippen molar-refractivity contribution in [2.75, 3.05) is 23.4 Å². The highest BCUT2D eigenvalue weighted by molar-refractivity contribution is 14.1. The van der Waals surface area contributed by atoms with Crippen molar-refractivity contribution in [3.63, 3.8) is 0 Å². The number of carbonyl (C=O) groups is 1. The van der Waals surface area contributed by atoms with Gasteiger partial charge in [-0.05, 0) is 71.7 Å². The Kier molecular flexibility index (Phi) is 7.25. The van der Waals surface area contributed by atoms with Crippen molar-refractivity contribution >= 4 is 40.0 Å². The van der Waals surface area contributed by atoms with E-state index in [0.717, 1.165) is 58.6 Å². The second-order valence-corrected chi connectivity index (χ2v) is 9.35. The van der Waals surface area contributed by atoms with Crippen LogP contribution in [0.2, 0.25) is 0 Å². The molecule has 3 heterocycles. The maximum Gasteiger partial charge on any atom is 0.224 e. The SMILES string of the molecule is CC(=O)N(c1ccc(-c2cnn(C)c2)c(I)c1)[C@H]1CCCN(Nc2ccc(C#N)cn2)CC1. The zero-order chi connectivity index (χ0) is 23.4. The van der Waals surface area contributed by atoms with Crippen LogP contribution in [0.1, 0.15) is 31.7 Å². The van der Waals surface area contributed by atoms with E-state index in [1.807, 2.05) is 36.5 Å². The number of benzene rings is 1. The molecule has 1 aliphatic rings. The molecule has 1 aromatic carbocycles. The molecular weight excluding hydrogens is 529 g/mol. The number of halogens is 1. The Bertz CT molecular complexity index is 1170. The first-order chi connectivity index (χ1) is 15.9. The molecule has 1 saturated heterocycles. The third-order valence-corrected chi connectivity index (χ3v) is 6.71. The number of nitrogens with zero attached hydrogens (tertiary/aromatic N) is 6. The van der Waals surface area contributed by atoms with Crippen molar-refractivity contribution in [1.82, 2.24) is 19.8 Å². The van der Waals surface area contributed by atoms with Gasteiger partial charge in [-0.3, -0.25) is 9.48 Å². The Labute approximate surface area is 207 Å². The van der Waals surface area contributed by atoms with Crippen molar-refractivity contribution < 1.29 is 4.79 Å². The van der Waals surface area contributed by atoms with Gasteiger partial charge in [0.25, 0.3) is 0 Å². The first-order valence-corrected chi connectivity index (χ1v) is 12.0. The molecule has 1 fully saturated rings. The van der Waals surface area contributed by atoms with E-state index in [1.165, 1.54) is 0 Å². The number of nitriles is 1. The highest BCUT2D eigenvalue weighted by atomic mass is 127. The molecule has 33 heavy (non-hydrogen) atoms. The summed E-state index contributed by atoms with van der Waals surface area (Å²) in [5.41, 5.74) is 6.99. The van der Waals surface area contributed by atoms with E-state index in [4.69, 9.17) is 5.26 Å². The summed E-state index contributed by atoms with van der Waals surface area (Å²) < 4.78 is 2.88. The fourth-order valence-electron chi connectivity index (χ4n) is 4.23. The molecule has 8 nitrogen and oxygen atoms in total. The van der Waals surface area contributed by atoms with Crippen molar-refractivity contribution in [2.24, 2.45) is 7.05 Å². The van der Waals surface area contributed by atoms with Gasteiger partial charge in [0.05, 0.1) is 11.8 Å². The van der Waals surface area contributed by atoms with Crippen LogP contribution in [0.15, 0.2) is 48.9 Å². The fourth-order valence-corrected chi connectivity index (χ4v) is 5.05. The van der Waals surface area contributed by atoms with Crippen LogP contribution in [0.3, 0.4) is 0 Å². The first kappa shape index (κ1) is 23.2. The number of carbonyl (C=O) groups excluding carboxylic acids is 1. The van der Waals surface area contributed by atoms with E-state index in [2.05, 4.69) is 61.3 Å². The molecule has 0 bridgehead atoms. The highest BCUT2D eigenvalue weighted by Crippen LogP contribution is 2.31. The Morgan fingerprint density at radius 3 is 2.73 bits per heavy atom. The molecule has 9 heteroatoms. The van der Waals surface area contributed by atoms with E-state index in [9.17, 15) is 4.79 Å². The Balaban J connectivity index is 1.47. The Hall–Kier alpha value is -2.97. The van der Waals surface area contributed by atoms with Gasteiger partial charge >= 0.3 is 0 Å². The molecule has 0 saturated carbocycles. The third kappa shape index (κ3) is 5.51. The smallest absolute Gasteiger partial charge is 0.224 e. The molecular formula is C24H26IN7O. The van der Waals surface area contributed by atoms with Crippen LogP contribution >= 0.6 is 22.6 Å². The average Bonchev–Trinajstić information content (AvgIpc) is 3.10. The van der Waals surface area contributed by atoms with Gasteiger partial charge in [0.2, 0.25) is 5.91 Å². The number of hydrogen-bond acceptors (Lipinski definition) is 6. The lowest BCUT2D eigenvalue weighted by molar-refractivity contribution is -0.117. The van der Waals surface area contributed by atoms with Gasteiger partial charge < -0.3 is 10.3 Å². The van der Waals surface area contributed by atoms with Gasteiger partial charge in [0.1, 0.15) is 11.9 Å². The van der Waals surface area contributed by atoms with Gasteiger partial charge in [0.15, 0.2) is 0 Å². The number of nitrogens with one attached hydrogen (secondary N) is 1. The summed E-state index contributed by atoms with van der Waals surface area (Å²) in [6.45, 7) is 3.30. The van der Waals surface area contributed by atoms with E-state index in [0.29, 0.717) is 5.56 Å². The van der Waals surface area contributed by atoms with E-state index >= 15 is 0 Å². The summed E-state index contributed by atoms with van der Waals surface area (Å²) in [5.74, 6) is 0.775. The topological polar surface area (TPSA) is 90.1 Å². The molecule has 0 unspecified atom stereocenters. The number of pyridine rings is 1. The number of hydrazine groups is 1. The van der Waals surface area contributed by atoms with Gasteiger partial charge in [-0.25, -0.2) is 9.99 Å². The molecule has 4 rings (SSSR count). The third-order valence-electron chi connectivity index (χ3n) is 5.81. The molecule has 0 radical (unpaired) electrons. The van der Waals surface area contributed by atoms with Gasteiger partial charge in [-0.15, -0.1) is 0 Å². The summed E-state index contributed by atoms with van der Waals surface area (Å²) in [4.78, 5) is 18.9. The Morgan fingerprint density at radius 2 is 2.09 bits per heavy atom. The van der Waals surface area contributed by atoms with Crippen molar-refractivity contribution in [3.8, 4) is 17.2 Å². The van der Waals surface area contributed by atoms with Crippen LogP contribution in [-0.2, 0) is 11.8 Å². The van der Waals surface area contributed by atoms with Crippen molar-refractivity contribution in [1.29, 1.82) is 5.26 Å². The summed E-state index contributed by atoms with van der Waals surface area (Å²) >= 11 is 2.33. The molecule has 1 atom stereocenters. The van der Waals surface area contributed by atoms with E-state index in [1.54, 1.807) is 23.9 Å². The van der Waals surface area contributed by atoms with Gasteiger partial charge in [-0.1, -0.05) is 6.07 Å². The summed E-state index contributed by atoms with van der Waals surface area (Å²) in [5, 5.41) is 15.4. The minimum Gasteiger partial charge on any atom is -0.310 e. The normalized spacial score (nSPS) is 16.6. The summed E-state index contributed by atoms with van der Waals surface area (Å²) in [6, 6.07) is 12.0. The summed E-state index contributed by atoms with van der Waals surface area (Å²) in [6.07, 6.45) is 8.16. The molecule has 1 aliphatic heterocycles. The molecule has 0 spiro atoms. The zero-order valence-electron chi connectivity index (χ0n) is 18.7. The molecule has 3 aromatic rings. The van der Waals surface area contributed by atoms with Crippen molar-refractivity contribution in [3.05, 3.63) is 58.1 Å². The Morgan fingerprint density at radius 1 is 1.24 bits per heavy atom. The maximum atomic E-state index is 12.7. The number of amides is 1. The van der Waals surface area contributed by atoms with Crippen LogP contribution in [-0.4, -0.2) is 44.8 Å². The minimum atomic E-state index is 0.0556. The molecule has 1 amide bonds. The van der Waals surface area contributed by atoms with Crippen LogP contribution in [0.5, 0.6) is 0 Å².